The van der Waals surface area contributed by atoms with Crippen LogP contribution in [0.25, 0.3) is 11.0 Å². The molecule has 0 atom stereocenters. The van der Waals surface area contributed by atoms with Gasteiger partial charge in [-0.2, -0.15) is 0 Å². The van der Waals surface area contributed by atoms with Crippen LogP contribution in [0.3, 0.4) is 0 Å². The summed E-state index contributed by atoms with van der Waals surface area (Å²) in [7, 11) is 0. The van der Waals surface area contributed by atoms with Gasteiger partial charge in [-0.25, -0.2) is 4.98 Å². The summed E-state index contributed by atoms with van der Waals surface area (Å²) in [5.41, 5.74) is 2.30. The minimum atomic E-state index is -0.150. The van der Waals surface area contributed by atoms with E-state index in [4.69, 9.17) is 4.98 Å². The lowest BCUT2D eigenvalue weighted by Crippen LogP contribution is -2.34. The third-order valence-electron chi connectivity index (χ3n) is 4.80. The van der Waals surface area contributed by atoms with E-state index < -0.39 is 0 Å². The second-order valence-electron chi connectivity index (χ2n) is 7.00. The van der Waals surface area contributed by atoms with Crippen molar-refractivity contribution in [3.8, 4) is 0 Å². The van der Waals surface area contributed by atoms with E-state index in [9.17, 15) is 9.59 Å². The number of hydrogen-bond donors (Lipinski definition) is 1. The van der Waals surface area contributed by atoms with Crippen LogP contribution in [0.5, 0.6) is 0 Å². The summed E-state index contributed by atoms with van der Waals surface area (Å²) < 4.78 is 2.77. The second-order valence-corrected chi connectivity index (χ2v) is 7.91. The average Bonchev–Trinajstić information content (AvgIpc) is 3.10. The van der Waals surface area contributed by atoms with Gasteiger partial charge in [0.05, 0.1) is 11.0 Å². The normalized spacial score (nSPS) is 10.6. The number of carbonyl (C=O) groups is 2. The molecule has 160 valence electrons. The predicted molar refractivity (Wildman–Crippen MR) is 127 cm³/mol. The molecule has 0 saturated carbocycles. The Hall–Kier alpha value is -3.19. The fraction of sp³-hybridized carbons (Fsp3) is 0.208. The number of aromatic nitrogens is 2. The molecule has 3 rings (SSSR count). The molecule has 0 fully saturated rings. The van der Waals surface area contributed by atoms with Crippen LogP contribution in [0.2, 0.25) is 0 Å². The number of imidazole rings is 1. The van der Waals surface area contributed by atoms with E-state index >= 15 is 0 Å². The monoisotopic (exact) mass is 480 g/mol. The van der Waals surface area contributed by atoms with E-state index in [1.165, 1.54) is 0 Å². The van der Waals surface area contributed by atoms with Gasteiger partial charge in [0, 0.05) is 36.1 Å². The molecule has 0 aliphatic rings. The molecule has 0 bridgehead atoms. The largest absolute Gasteiger partial charge is 0.352 e. The molecule has 2 amide bonds. The minimum absolute atomic E-state index is 0.0395. The highest BCUT2D eigenvalue weighted by Crippen LogP contribution is 2.17. The number of halogens is 1. The zero-order chi connectivity index (χ0) is 22.2. The number of hydrogen-bond acceptors (Lipinski definition) is 3. The molecule has 0 unspecified atom stereocenters. The first-order chi connectivity index (χ1) is 15.0. The molecule has 31 heavy (non-hydrogen) atoms. The summed E-state index contributed by atoms with van der Waals surface area (Å²) >= 11 is 3.38. The number of nitrogens with one attached hydrogen (secondary N) is 1. The molecular formula is C24H25BrN4O2. The van der Waals surface area contributed by atoms with Gasteiger partial charge >= 0.3 is 0 Å². The second kappa shape index (κ2) is 10.7. The summed E-state index contributed by atoms with van der Waals surface area (Å²) in [6.45, 7) is 8.93. The van der Waals surface area contributed by atoms with E-state index in [-0.39, 0.29) is 18.4 Å². The van der Waals surface area contributed by atoms with Crippen LogP contribution in [0.1, 0.15) is 16.2 Å². The van der Waals surface area contributed by atoms with Crippen molar-refractivity contribution in [1.82, 2.24) is 19.8 Å². The number of nitrogens with zero attached hydrogens (tertiary/aromatic N) is 3. The highest BCUT2D eigenvalue weighted by molar-refractivity contribution is 9.10. The van der Waals surface area contributed by atoms with Crippen LogP contribution in [0, 0.1) is 0 Å². The number of amides is 2. The van der Waals surface area contributed by atoms with Gasteiger partial charge < -0.3 is 14.8 Å². The minimum Gasteiger partial charge on any atom is -0.352 e. The molecule has 7 heteroatoms. The zero-order valence-corrected chi connectivity index (χ0v) is 18.8. The van der Waals surface area contributed by atoms with E-state index in [1.54, 1.807) is 29.2 Å². The Kier molecular flexibility index (Phi) is 7.78. The summed E-state index contributed by atoms with van der Waals surface area (Å²) in [5.74, 6) is 0.562. The first kappa shape index (κ1) is 22.5. The third kappa shape index (κ3) is 5.70. The van der Waals surface area contributed by atoms with E-state index in [0.29, 0.717) is 31.6 Å². The molecule has 3 aromatic rings. The van der Waals surface area contributed by atoms with Crippen molar-refractivity contribution in [1.29, 1.82) is 0 Å². The maximum Gasteiger partial charge on any atom is 0.251 e. The predicted octanol–water partition coefficient (Wildman–Crippen LogP) is 3.97. The topological polar surface area (TPSA) is 67.2 Å². The molecule has 2 aromatic carbocycles. The molecule has 1 aromatic heterocycles. The Morgan fingerprint density at radius 2 is 1.84 bits per heavy atom. The SMILES string of the molecule is C=CCN(CC=C)C(=O)Cn1c(CCNC(=O)c2cccc(Br)c2)nc2ccccc21. The zero-order valence-electron chi connectivity index (χ0n) is 17.3. The van der Waals surface area contributed by atoms with Gasteiger partial charge in [0.2, 0.25) is 5.91 Å². The van der Waals surface area contributed by atoms with Crippen molar-refractivity contribution in [3.63, 3.8) is 0 Å². The summed E-state index contributed by atoms with van der Waals surface area (Å²) in [5, 5.41) is 2.93. The van der Waals surface area contributed by atoms with Gasteiger partial charge in [0.15, 0.2) is 0 Å². The van der Waals surface area contributed by atoms with Crippen molar-refractivity contribution in [2.45, 2.75) is 13.0 Å². The Morgan fingerprint density at radius 1 is 1.10 bits per heavy atom. The molecule has 0 radical (unpaired) electrons. The van der Waals surface area contributed by atoms with Crippen LogP contribution in [-0.2, 0) is 17.8 Å². The van der Waals surface area contributed by atoms with Gasteiger partial charge in [-0.15, -0.1) is 13.2 Å². The lowest BCUT2D eigenvalue weighted by atomic mass is 10.2. The number of rotatable bonds is 10. The number of benzene rings is 2. The number of carbonyl (C=O) groups excluding carboxylic acids is 2. The first-order valence-electron chi connectivity index (χ1n) is 10.0. The Balaban J connectivity index is 1.75. The first-order valence-corrected chi connectivity index (χ1v) is 10.8. The maximum atomic E-state index is 12.9. The van der Waals surface area contributed by atoms with Gasteiger partial charge in [-0.05, 0) is 30.3 Å². The lowest BCUT2D eigenvalue weighted by Gasteiger charge is -2.20. The average molecular weight is 481 g/mol. The van der Waals surface area contributed by atoms with Crippen LogP contribution in [-0.4, -0.2) is 45.9 Å². The third-order valence-corrected chi connectivity index (χ3v) is 5.29. The number of fused-ring (bicyclic) bond motifs is 1. The number of para-hydroxylation sites is 2. The van der Waals surface area contributed by atoms with E-state index in [2.05, 4.69) is 34.4 Å². The summed E-state index contributed by atoms with van der Waals surface area (Å²) in [4.78, 5) is 31.7. The fourth-order valence-corrected chi connectivity index (χ4v) is 3.74. The van der Waals surface area contributed by atoms with Crippen molar-refractivity contribution < 1.29 is 9.59 Å². The van der Waals surface area contributed by atoms with Crippen molar-refractivity contribution in [2.75, 3.05) is 19.6 Å². The lowest BCUT2D eigenvalue weighted by molar-refractivity contribution is -0.130. The van der Waals surface area contributed by atoms with Crippen LogP contribution >= 0.6 is 15.9 Å². The van der Waals surface area contributed by atoms with Crippen LogP contribution in [0.4, 0.5) is 0 Å². The standard InChI is InChI=1S/C24H25BrN4O2/c1-3-14-28(15-4-2)23(30)17-29-21-11-6-5-10-20(21)27-22(29)12-13-26-24(31)18-8-7-9-19(25)16-18/h3-11,16H,1-2,12-15,17H2,(H,26,31). The molecule has 0 aliphatic carbocycles. The Morgan fingerprint density at radius 3 is 2.55 bits per heavy atom. The van der Waals surface area contributed by atoms with Crippen molar-refractivity contribution in [2.24, 2.45) is 0 Å². The van der Waals surface area contributed by atoms with Crippen molar-refractivity contribution in [3.05, 3.63) is 89.7 Å². The summed E-state index contributed by atoms with van der Waals surface area (Å²) in [6.07, 6.45) is 3.90. The fourth-order valence-electron chi connectivity index (χ4n) is 3.34. The molecule has 6 nitrogen and oxygen atoms in total. The van der Waals surface area contributed by atoms with Crippen LogP contribution < -0.4 is 5.32 Å². The Bertz CT molecular complexity index is 1100. The van der Waals surface area contributed by atoms with Gasteiger partial charge in [0.1, 0.15) is 12.4 Å². The molecule has 1 N–H and O–H groups in total. The molecular weight excluding hydrogens is 456 g/mol. The van der Waals surface area contributed by atoms with Crippen LogP contribution in [0.15, 0.2) is 78.3 Å². The molecule has 1 heterocycles. The smallest absolute Gasteiger partial charge is 0.251 e. The van der Waals surface area contributed by atoms with E-state index in [1.807, 2.05) is 41.0 Å². The highest BCUT2D eigenvalue weighted by atomic mass is 79.9. The summed E-state index contributed by atoms with van der Waals surface area (Å²) in [6, 6.07) is 15.0. The van der Waals surface area contributed by atoms with E-state index in [0.717, 1.165) is 21.3 Å². The molecule has 0 spiro atoms. The Labute approximate surface area is 190 Å². The molecule has 0 saturated heterocycles. The van der Waals surface area contributed by atoms with Gasteiger partial charge in [0.25, 0.3) is 5.91 Å². The quantitative estimate of drug-likeness (QED) is 0.446. The molecule has 0 aliphatic heterocycles. The van der Waals surface area contributed by atoms with Gasteiger partial charge in [-0.3, -0.25) is 9.59 Å². The maximum absolute atomic E-state index is 12.9. The van der Waals surface area contributed by atoms with Crippen molar-refractivity contribution >= 4 is 38.8 Å². The highest BCUT2D eigenvalue weighted by Gasteiger charge is 2.17. The van der Waals surface area contributed by atoms with Gasteiger partial charge in [-0.1, -0.05) is 46.3 Å².